The van der Waals surface area contributed by atoms with Crippen LogP contribution in [0.2, 0.25) is 0 Å². The number of carbonyl (C=O) groups excluding carboxylic acids is 2. The van der Waals surface area contributed by atoms with E-state index in [2.05, 4.69) is 5.32 Å². The van der Waals surface area contributed by atoms with Crippen LogP contribution in [0.1, 0.15) is 22.3 Å². The second kappa shape index (κ2) is 6.84. The fraction of sp³-hybridized carbons (Fsp3) is 0.263. The summed E-state index contributed by atoms with van der Waals surface area (Å²) < 4.78 is 0. The highest BCUT2D eigenvalue weighted by Crippen LogP contribution is 2.30. The standard InChI is InChI=1S/C19H20N2O3/c1-13-5-4-8-17-16(13)9-10-21(17)19(24)18(23)20-11-14-6-2-3-7-15(14)12-22/h2-8,22H,9-12H2,1H3,(H,20,23). The molecule has 2 amide bonds. The van der Waals surface area contributed by atoms with Crippen molar-refractivity contribution in [1.82, 2.24) is 5.32 Å². The first-order valence-corrected chi connectivity index (χ1v) is 7.97. The third-order valence-electron chi connectivity index (χ3n) is 4.43. The van der Waals surface area contributed by atoms with E-state index in [0.29, 0.717) is 6.54 Å². The number of benzene rings is 2. The van der Waals surface area contributed by atoms with E-state index in [-0.39, 0.29) is 13.2 Å². The van der Waals surface area contributed by atoms with Gasteiger partial charge in [-0.1, -0.05) is 36.4 Å². The first-order chi connectivity index (χ1) is 11.6. The molecule has 5 heteroatoms. The number of aryl methyl sites for hydroxylation is 1. The molecule has 24 heavy (non-hydrogen) atoms. The molecule has 3 rings (SSSR count). The van der Waals surface area contributed by atoms with E-state index >= 15 is 0 Å². The third kappa shape index (κ3) is 3.03. The maximum Gasteiger partial charge on any atom is 0.316 e. The monoisotopic (exact) mass is 324 g/mol. The number of fused-ring (bicyclic) bond motifs is 1. The number of aliphatic hydroxyl groups is 1. The number of rotatable bonds is 3. The lowest BCUT2D eigenvalue weighted by atomic mass is 10.1. The van der Waals surface area contributed by atoms with Gasteiger partial charge in [0, 0.05) is 18.8 Å². The molecule has 0 bridgehead atoms. The summed E-state index contributed by atoms with van der Waals surface area (Å²) in [5.41, 5.74) is 4.64. The van der Waals surface area contributed by atoms with E-state index in [1.807, 2.05) is 43.3 Å². The molecule has 0 spiro atoms. The van der Waals surface area contributed by atoms with Crippen LogP contribution in [0.3, 0.4) is 0 Å². The topological polar surface area (TPSA) is 69.6 Å². The summed E-state index contributed by atoms with van der Waals surface area (Å²) in [6.07, 6.45) is 0.772. The van der Waals surface area contributed by atoms with Crippen molar-refractivity contribution in [3.05, 3.63) is 64.7 Å². The van der Waals surface area contributed by atoms with Crippen LogP contribution < -0.4 is 10.2 Å². The van der Waals surface area contributed by atoms with Crippen molar-refractivity contribution >= 4 is 17.5 Å². The predicted molar refractivity (Wildman–Crippen MR) is 91.4 cm³/mol. The second-order valence-electron chi connectivity index (χ2n) is 5.89. The zero-order valence-electron chi connectivity index (χ0n) is 13.6. The van der Waals surface area contributed by atoms with Gasteiger partial charge in [-0.25, -0.2) is 0 Å². The summed E-state index contributed by atoms with van der Waals surface area (Å²) >= 11 is 0. The number of nitrogens with one attached hydrogen (secondary N) is 1. The van der Waals surface area contributed by atoms with Crippen molar-refractivity contribution < 1.29 is 14.7 Å². The quantitative estimate of drug-likeness (QED) is 0.844. The van der Waals surface area contributed by atoms with Gasteiger partial charge in [0.25, 0.3) is 0 Å². The van der Waals surface area contributed by atoms with E-state index in [9.17, 15) is 14.7 Å². The van der Waals surface area contributed by atoms with E-state index in [4.69, 9.17) is 0 Å². The van der Waals surface area contributed by atoms with Crippen LogP contribution in [0, 0.1) is 6.92 Å². The molecule has 5 nitrogen and oxygen atoms in total. The molecule has 0 saturated carbocycles. The zero-order chi connectivity index (χ0) is 17.1. The summed E-state index contributed by atoms with van der Waals surface area (Å²) in [5, 5.41) is 12.0. The molecular weight excluding hydrogens is 304 g/mol. The van der Waals surface area contributed by atoms with Gasteiger partial charge >= 0.3 is 11.8 Å². The Balaban J connectivity index is 1.69. The highest BCUT2D eigenvalue weighted by Gasteiger charge is 2.29. The van der Waals surface area contributed by atoms with Crippen LogP contribution in [0.15, 0.2) is 42.5 Å². The number of hydrogen-bond acceptors (Lipinski definition) is 3. The summed E-state index contributed by atoms with van der Waals surface area (Å²) in [6.45, 7) is 2.66. The molecular formula is C19H20N2O3. The molecule has 0 aromatic heterocycles. The average Bonchev–Trinajstić information content (AvgIpc) is 3.04. The van der Waals surface area contributed by atoms with E-state index < -0.39 is 11.8 Å². The zero-order valence-corrected chi connectivity index (χ0v) is 13.6. The molecule has 2 aromatic rings. The van der Waals surface area contributed by atoms with Crippen LogP contribution >= 0.6 is 0 Å². The molecule has 2 aromatic carbocycles. The summed E-state index contributed by atoms with van der Waals surface area (Å²) in [4.78, 5) is 26.2. The molecule has 1 heterocycles. The Morgan fingerprint density at radius 1 is 1.12 bits per heavy atom. The SMILES string of the molecule is Cc1cccc2c1CCN2C(=O)C(=O)NCc1ccccc1CO. The van der Waals surface area contributed by atoms with Crippen LogP contribution in [-0.4, -0.2) is 23.5 Å². The van der Waals surface area contributed by atoms with Crippen molar-refractivity contribution in [2.24, 2.45) is 0 Å². The van der Waals surface area contributed by atoms with Crippen molar-refractivity contribution in [2.75, 3.05) is 11.4 Å². The first-order valence-electron chi connectivity index (χ1n) is 7.97. The molecule has 0 unspecified atom stereocenters. The predicted octanol–water partition coefficient (Wildman–Crippen LogP) is 1.69. The maximum absolute atomic E-state index is 12.5. The Bertz CT molecular complexity index is 786. The average molecular weight is 324 g/mol. The Kier molecular flexibility index (Phi) is 4.62. The van der Waals surface area contributed by atoms with Gasteiger partial charge in [0.1, 0.15) is 0 Å². The van der Waals surface area contributed by atoms with Gasteiger partial charge in [0.15, 0.2) is 0 Å². The Morgan fingerprint density at radius 3 is 2.62 bits per heavy atom. The molecule has 124 valence electrons. The fourth-order valence-electron chi connectivity index (χ4n) is 3.08. The number of hydrogen-bond donors (Lipinski definition) is 2. The second-order valence-corrected chi connectivity index (χ2v) is 5.89. The molecule has 1 aliphatic heterocycles. The van der Waals surface area contributed by atoms with Crippen LogP contribution in [0.4, 0.5) is 5.69 Å². The van der Waals surface area contributed by atoms with Gasteiger partial charge in [0.2, 0.25) is 0 Å². The van der Waals surface area contributed by atoms with Crippen LogP contribution in [-0.2, 0) is 29.2 Å². The number of amides is 2. The Morgan fingerprint density at radius 2 is 1.88 bits per heavy atom. The summed E-state index contributed by atoms with van der Waals surface area (Å²) in [5.74, 6) is -1.17. The summed E-state index contributed by atoms with van der Waals surface area (Å²) in [6, 6.07) is 13.1. The first kappa shape index (κ1) is 16.2. The Hall–Kier alpha value is -2.66. The minimum Gasteiger partial charge on any atom is -0.392 e. The van der Waals surface area contributed by atoms with Crippen molar-refractivity contribution in [3.63, 3.8) is 0 Å². The largest absolute Gasteiger partial charge is 0.392 e. The number of nitrogens with zero attached hydrogens (tertiary/aromatic N) is 1. The lowest BCUT2D eigenvalue weighted by Gasteiger charge is -2.17. The highest BCUT2D eigenvalue weighted by atomic mass is 16.3. The highest BCUT2D eigenvalue weighted by molar-refractivity contribution is 6.40. The minimum absolute atomic E-state index is 0.0984. The number of aliphatic hydroxyl groups excluding tert-OH is 1. The molecule has 0 saturated heterocycles. The van der Waals surface area contributed by atoms with Crippen molar-refractivity contribution in [1.29, 1.82) is 0 Å². The van der Waals surface area contributed by atoms with E-state index in [1.54, 1.807) is 6.07 Å². The molecule has 2 N–H and O–H groups in total. The fourth-order valence-corrected chi connectivity index (χ4v) is 3.08. The lowest BCUT2D eigenvalue weighted by Crippen LogP contribution is -2.42. The van der Waals surface area contributed by atoms with Gasteiger partial charge in [-0.15, -0.1) is 0 Å². The van der Waals surface area contributed by atoms with Gasteiger partial charge in [0.05, 0.1) is 6.61 Å². The van der Waals surface area contributed by atoms with Crippen molar-refractivity contribution in [2.45, 2.75) is 26.5 Å². The molecule has 0 fully saturated rings. The van der Waals surface area contributed by atoms with Gasteiger partial charge in [-0.3, -0.25) is 9.59 Å². The van der Waals surface area contributed by atoms with E-state index in [1.165, 1.54) is 4.90 Å². The van der Waals surface area contributed by atoms with Crippen molar-refractivity contribution in [3.8, 4) is 0 Å². The van der Waals surface area contributed by atoms with Crippen LogP contribution in [0.25, 0.3) is 0 Å². The lowest BCUT2D eigenvalue weighted by molar-refractivity contribution is -0.137. The molecule has 0 radical (unpaired) electrons. The van der Waals surface area contributed by atoms with Gasteiger partial charge < -0.3 is 15.3 Å². The number of carbonyl (C=O) groups is 2. The Labute approximate surface area is 140 Å². The van der Waals surface area contributed by atoms with Crippen LogP contribution in [0.5, 0.6) is 0 Å². The maximum atomic E-state index is 12.5. The number of anilines is 1. The van der Waals surface area contributed by atoms with E-state index in [0.717, 1.165) is 34.4 Å². The third-order valence-corrected chi connectivity index (χ3v) is 4.43. The molecule has 1 aliphatic rings. The van der Waals surface area contributed by atoms with Gasteiger partial charge in [-0.2, -0.15) is 0 Å². The minimum atomic E-state index is -0.628. The smallest absolute Gasteiger partial charge is 0.316 e. The van der Waals surface area contributed by atoms with Gasteiger partial charge in [-0.05, 0) is 41.7 Å². The molecule has 0 atom stereocenters. The summed E-state index contributed by atoms with van der Waals surface area (Å²) in [7, 11) is 0. The molecule has 0 aliphatic carbocycles. The normalized spacial score (nSPS) is 12.8.